The highest BCUT2D eigenvalue weighted by atomic mass is 15.2. The number of likely N-dealkylation sites (tertiary alicyclic amines) is 1. The van der Waals surface area contributed by atoms with Crippen molar-refractivity contribution in [3.8, 4) is 0 Å². The number of rotatable bonds is 9. The molecule has 0 bridgehead atoms. The van der Waals surface area contributed by atoms with Crippen LogP contribution >= 0.6 is 0 Å². The molecule has 1 aromatic heterocycles. The summed E-state index contributed by atoms with van der Waals surface area (Å²) in [4.78, 5) is 7.39. The lowest BCUT2D eigenvalue weighted by atomic mass is 9.82. The lowest BCUT2D eigenvalue weighted by Gasteiger charge is -2.38. The number of hydrogen-bond donors (Lipinski definition) is 0. The van der Waals surface area contributed by atoms with Gasteiger partial charge in [0.2, 0.25) is 0 Å². The second-order valence-corrected chi connectivity index (χ2v) is 10.9. The summed E-state index contributed by atoms with van der Waals surface area (Å²) in [5, 5.41) is 1.27. The van der Waals surface area contributed by atoms with Gasteiger partial charge in [-0.1, -0.05) is 86.9 Å². The molecule has 202 valence electrons. The average Bonchev–Trinajstić information content (AvgIpc) is 2.95. The van der Waals surface area contributed by atoms with Crippen LogP contribution in [0.25, 0.3) is 29.1 Å². The Hall–Kier alpha value is -3.49. The van der Waals surface area contributed by atoms with Crippen molar-refractivity contribution < 1.29 is 0 Å². The molecule has 2 heterocycles. The molecule has 3 atom stereocenters. The smallest absolute Gasteiger partial charge is 0.0704 e. The van der Waals surface area contributed by atoms with Crippen molar-refractivity contribution in [2.45, 2.75) is 59.0 Å². The number of pyridine rings is 1. The molecule has 2 heteroatoms. The van der Waals surface area contributed by atoms with E-state index in [9.17, 15) is 0 Å². The standard InChI is InChI=1S/C37H44N2/c1-7-11-15-33-28(6)24-30(10-4)34(14-8-2)36(33)26-39-23-21-27(5)29(9-3)18-19-32(39)25-31-20-22-38-37-17-13-12-16-35(31)37/h7-17,20,22,24,27,29,32H,1,3-4,18-19,21,23,25-26H2,2,5-6H3/b14-8-,15-11-. The van der Waals surface area contributed by atoms with Gasteiger partial charge < -0.3 is 0 Å². The van der Waals surface area contributed by atoms with E-state index in [1.807, 2.05) is 18.3 Å². The first-order valence-electron chi connectivity index (χ1n) is 14.4. The van der Waals surface area contributed by atoms with E-state index in [-0.39, 0.29) is 0 Å². The Bertz CT molecular complexity index is 1370. The van der Waals surface area contributed by atoms with Crippen LogP contribution < -0.4 is 0 Å². The van der Waals surface area contributed by atoms with Gasteiger partial charge in [0.25, 0.3) is 0 Å². The van der Waals surface area contributed by atoms with E-state index in [1.165, 1.54) is 51.6 Å². The first kappa shape index (κ1) is 28.5. The summed E-state index contributed by atoms with van der Waals surface area (Å²) in [6, 6.07) is 13.5. The molecule has 0 N–H and O–H groups in total. The summed E-state index contributed by atoms with van der Waals surface area (Å²) in [5.41, 5.74) is 8.87. The van der Waals surface area contributed by atoms with Gasteiger partial charge in [0, 0.05) is 24.2 Å². The van der Waals surface area contributed by atoms with E-state index >= 15 is 0 Å². The van der Waals surface area contributed by atoms with Crippen molar-refractivity contribution in [1.29, 1.82) is 0 Å². The van der Waals surface area contributed by atoms with Crippen LogP contribution in [0, 0.1) is 18.8 Å². The molecule has 0 radical (unpaired) electrons. The van der Waals surface area contributed by atoms with Crippen molar-refractivity contribution in [3.05, 3.63) is 120 Å². The molecule has 3 unspecified atom stereocenters. The van der Waals surface area contributed by atoms with Crippen LogP contribution in [0.4, 0.5) is 0 Å². The Balaban J connectivity index is 1.81. The zero-order valence-electron chi connectivity index (χ0n) is 24.1. The van der Waals surface area contributed by atoms with E-state index in [1.54, 1.807) is 0 Å². The average molecular weight is 517 g/mol. The summed E-state index contributed by atoms with van der Waals surface area (Å²) in [6.07, 6.45) is 21.2. The molecule has 3 aromatic rings. The second-order valence-electron chi connectivity index (χ2n) is 10.9. The number of nitrogens with zero attached hydrogens (tertiary/aromatic N) is 2. The van der Waals surface area contributed by atoms with Gasteiger partial charge in [-0.25, -0.2) is 0 Å². The molecule has 4 rings (SSSR count). The minimum atomic E-state index is 0.424. The first-order valence-corrected chi connectivity index (χ1v) is 14.4. The summed E-state index contributed by atoms with van der Waals surface area (Å²) in [7, 11) is 0. The maximum absolute atomic E-state index is 4.63. The molecule has 1 aliphatic heterocycles. The first-order chi connectivity index (χ1) is 19.0. The SMILES string of the molecule is C=C/C=C\c1c(C)cc(C=C)c(/C=C\C)c1CN1CCC(C)C(C=C)CCC1Cc1ccnc2ccccc12. The van der Waals surface area contributed by atoms with Crippen molar-refractivity contribution in [2.24, 2.45) is 11.8 Å². The Morgan fingerprint density at radius 1 is 1.03 bits per heavy atom. The Morgan fingerprint density at radius 2 is 1.85 bits per heavy atom. The normalized spacial score (nSPS) is 20.7. The van der Waals surface area contributed by atoms with Crippen LogP contribution in [-0.2, 0) is 13.0 Å². The van der Waals surface area contributed by atoms with Gasteiger partial charge in [0.1, 0.15) is 0 Å². The minimum absolute atomic E-state index is 0.424. The summed E-state index contributed by atoms with van der Waals surface area (Å²) in [5.74, 6) is 1.20. The van der Waals surface area contributed by atoms with Crippen molar-refractivity contribution in [2.75, 3.05) is 6.54 Å². The third-order valence-corrected chi connectivity index (χ3v) is 8.52. The quantitative estimate of drug-likeness (QED) is 0.208. The molecule has 0 saturated carbocycles. The van der Waals surface area contributed by atoms with Crippen LogP contribution in [0.5, 0.6) is 0 Å². The fraction of sp³-hybridized carbons (Fsp3) is 0.324. The topological polar surface area (TPSA) is 16.1 Å². The van der Waals surface area contributed by atoms with Crippen LogP contribution in [0.2, 0.25) is 0 Å². The third-order valence-electron chi connectivity index (χ3n) is 8.52. The number of benzene rings is 2. The molecular formula is C37H44N2. The monoisotopic (exact) mass is 516 g/mol. The second kappa shape index (κ2) is 13.5. The van der Waals surface area contributed by atoms with Gasteiger partial charge in [-0.2, -0.15) is 0 Å². The lowest BCUT2D eigenvalue weighted by Crippen LogP contribution is -2.40. The van der Waals surface area contributed by atoms with Crippen molar-refractivity contribution in [1.82, 2.24) is 9.88 Å². The van der Waals surface area contributed by atoms with E-state index in [0.717, 1.165) is 31.4 Å². The van der Waals surface area contributed by atoms with Crippen LogP contribution in [0.15, 0.2) is 86.6 Å². The summed E-state index contributed by atoms with van der Waals surface area (Å²) < 4.78 is 0. The highest BCUT2D eigenvalue weighted by molar-refractivity contribution is 5.82. The molecular weight excluding hydrogens is 472 g/mol. The number of hydrogen-bond acceptors (Lipinski definition) is 2. The maximum atomic E-state index is 4.63. The predicted octanol–water partition coefficient (Wildman–Crippen LogP) is 9.45. The number of aromatic nitrogens is 1. The Kier molecular flexibility index (Phi) is 9.90. The molecule has 1 fully saturated rings. The highest BCUT2D eigenvalue weighted by Gasteiger charge is 2.28. The number of para-hydroxylation sites is 1. The van der Waals surface area contributed by atoms with Gasteiger partial charge in [-0.3, -0.25) is 9.88 Å². The van der Waals surface area contributed by atoms with E-state index in [2.05, 4.69) is 117 Å². The molecule has 39 heavy (non-hydrogen) atoms. The zero-order valence-corrected chi connectivity index (χ0v) is 24.1. The maximum Gasteiger partial charge on any atom is 0.0704 e. The fourth-order valence-corrected chi connectivity index (χ4v) is 6.24. The largest absolute Gasteiger partial charge is 0.296 e. The van der Waals surface area contributed by atoms with E-state index in [4.69, 9.17) is 0 Å². The van der Waals surface area contributed by atoms with Gasteiger partial charge in [0.05, 0.1) is 5.52 Å². The van der Waals surface area contributed by atoms with E-state index < -0.39 is 0 Å². The highest BCUT2D eigenvalue weighted by Crippen LogP contribution is 2.34. The van der Waals surface area contributed by atoms with Gasteiger partial charge >= 0.3 is 0 Å². The van der Waals surface area contributed by atoms with Gasteiger partial charge in [-0.05, 0) is 103 Å². The molecule has 0 amide bonds. The number of fused-ring (bicyclic) bond motifs is 1. The van der Waals surface area contributed by atoms with Crippen LogP contribution in [0.3, 0.4) is 0 Å². The fourth-order valence-electron chi connectivity index (χ4n) is 6.24. The van der Waals surface area contributed by atoms with Crippen molar-refractivity contribution >= 4 is 29.1 Å². The molecule has 2 nitrogen and oxygen atoms in total. The van der Waals surface area contributed by atoms with Crippen LogP contribution in [-0.4, -0.2) is 22.5 Å². The van der Waals surface area contributed by atoms with Crippen molar-refractivity contribution in [3.63, 3.8) is 0 Å². The zero-order chi connectivity index (χ0) is 27.8. The molecule has 0 spiro atoms. The molecule has 2 aromatic carbocycles. The Morgan fingerprint density at radius 3 is 2.59 bits per heavy atom. The van der Waals surface area contributed by atoms with Gasteiger partial charge in [-0.15, -0.1) is 6.58 Å². The third kappa shape index (κ3) is 6.57. The Labute approximate surface area is 236 Å². The van der Waals surface area contributed by atoms with E-state index in [0.29, 0.717) is 17.9 Å². The number of allylic oxidation sites excluding steroid dienone is 4. The lowest BCUT2D eigenvalue weighted by molar-refractivity contribution is 0.132. The predicted molar refractivity (Wildman–Crippen MR) is 172 cm³/mol. The summed E-state index contributed by atoms with van der Waals surface area (Å²) in [6.45, 7) is 20.9. The molecule has 1 saturated heterocycles. The number of aryl methyl sites for hydroxylation is 1. The van der Waals surface area contributed by atoms with Crippen LogP contribution in [0.1, 0.15) is 66.5 Å². The van der Waals surface area contributed by atoms with Gasteiger partial charge in [0.15, 0.2) is 0 Å². The molecule has 0 aliphatic carbocycles. The molecule has 1 aliphatic rings. The minimum Gasteiger partial charge on any atom is -0.296 e. The summed E-state index contributed by atoms with van der Waals surface area (Å²) >= 11 is 0.